The van der Waals surface area contributed by atoms with E-state index in [1.54, 1.807) is 0 Å². The first kappa shape index (κ1) is 11.2. The lowest BCUT2D eigenvalue weighted by Crippen LogP contribution is -2.33. The first-order valence-corrected chi connectivity index (χ1v) is 4.93. The van der Waals surface area contributed by atoms with Crippen LogP contribution in [-0.2, 0) is 0 Å². The second kappa shape index (κ2) is 5.15. The Bertz CT molecular complexity index is 365. The smallest absolute Gasteiger partial charge is 0.357 e. The molecule has 0 bridgehead atoms. The van der Waals surface area contributed by atoms with Crippen LogP contribution in [0.4, 0.5) is 9.80 Å². The summed E-state index contributed by atoms with van der Waals surface area (Å²) in [5, 5.41) is 14.4. The van der Waals surface area contributed by atoms with E-state index in [4.69, 9.17) is 10.8 Å². The minimum Gasteiger partial charge on any atom is -0.476 e. The summed E-state index contributed by atoms with van der Waals surface area (Å²) in [7, 11) is 0. The van der Waals surface area contributed by atoms with E-state index in [-0.39, 0.29) is 5.69 Å². The highest BCUT2D eigenvalue weighted by atomic mass is 32.1. The molecule has 0 radical (unpaired) electrons. The molecule has 2 amide bonds. The highest BCUT2D eigenvalue weighted by molar-refractivity contribution is 7.14. The van der Waals surface area contributed by atoms with E-state index in [1.165, 1.54) is 16.8 Å². The number of amides is 2. The highest BCUT2D eigenvalue weighted by Crippen LogP contribution is 2.19. The van der Waals surface area contributed by atoms with Gasteiger partial charge in [0.1, 0.15) is 5.00 Å². The number of nitrogens with zero attached hydrogens (tertiary/aromatic N) is 1. The number of rotatable bonds is 5. The summed E-state index contributed by atoms with van der Waals surface area (Å²) in [6.07, 6.45) is 0. The Morgan fingerprint density at radius 3 is 2.87 bits per heavy atom. The van der Waals surface area contributed by atoms with Gasteiger partial charge < -0.3 is 21.5 Å². The maximum Gasteiger partial charge on any atom is 0.357 e. The number of thiazole rings is 1. The third-order valence-electron chi connectivity index (χ3n) is 1.48. The van der Waals surface area contributed by atoms with Gasteiger partial charge >= 0.3 is 12.0 Å². The molecule has 0 aliphatic carbocycles. The van der Waals surface area contributed by atoms with Crippen LogP contribution in [0.15, 0.2) is 5.51 Å². The molecule has 0 aliphatic rings. The molecule has 0 saturated carbocycles. The van der Waals surface area contributed by atoms with E-state index >= 15 is 0 Å². The normalized spacial score (nSPS) is 9.60. The third kappa shape index (κ3) is 3.43. The number of hydrogen-bond donors (Lipinski definition) is 4. The van der Waals surface area contributed by atoms with Crippen LogP contribution < -0.4 is 16.4 Å². The Kier molecular flexibility index (Phi) is 3.86. The molecular weight excluding hydrogens is 220 g/mol. The number of carboxylic acids is 1. The average molecular weight is 230 g/mol. The van der Waals surface area contributed by atoms with Crippen molar-refractivity contribution in [2.75, 3.05) is 18.4 Å². The number of carbonyl (C=O) groups excluding carboxylic acids is 1. The van der Waals surface area contributed by atoms with Crippen molar-refractivity contribution >= 4 is 28.3 Å². The molecule has 0 spiro atoms. The van der Waals surface area contributed by atoms with Crippen molar-refractivity contribution in [2.45, 2.75) is 0 Å². The van der Waals surface area contributed by atoms with Crippen LogP contribution in [0.5, 0.6) is 0 Å². The molecule has 0 aliphatic heterocycles. The highest BCUT2D eigenvalue weighted by Gasteiger charge is 2.12. The number of urea groups is 1. The van der Waals surface area contributed by atoms with Crippen molar-refractivity contribution in [2.24, 2.45) is 5.73 Å². The predicted octanol–water partition coefficient (Wildman–Crippen LogP) is -0.0785. The van der Waals surface area contributed by atoms with Crippen LogP contribution in [-0.4, -0.2) is 35.2 Å². The van der Waals surface area contributed by atoms with E-state index in [9.17, 15) is 9.59 Å². The molecule has 1 heterocycles. The lowest BCUT2D eigenvalue weighted by molar-refractivity contribution is 0.0692. The lowest BCUT2D eigenvalue weighted by atomic mass is 10.4. The largest absolute Gasteiger partial charge is 0.476 e. The van der Waals surface area contributed by atoms with Gasteiger partial charge in [-0.3, -0.25) is 0 Å². The van der Waals surface area contributed by atoms with Crippen molar-refractivity contribution in [1.29, 1.82) is 0 Å². The zero-order chi connectivity index (χ0) is 11.3. The fourth-order valence-corrected chi connectivity index (χ4v) is 1.59. The van der Waals surface area contributed by atoms with Crippen LogP contribution in [0, 0.1) is 0 Å². The summed E-state index contributed by atoms with van der Waals surface area (Å²) >= 11 is 1.19. The van der Waals surface area contributed by atoms with E-state index < -0.39 is 12.0 Å². The fraction of sp³-hybridized carbons (Fsp3) is 0.286. The number of aromatic carboxylic acids is 1. The van der Waals surface area contributed by atoms with Crippen molar-refractivity contribution in [3.63, 3.8) is 0 Å². The third-order valence-corrected chi connectivity index (χ3v) is 2.26. The molecule has 7 nitrogen and oxygen atoms in total. The van der Waals surface area contributed by atoms with Gasteiger partial charge in [-0.2, -0.15) is 0 Å². The molecule has 5 N–H and O–H groups in total. The molecule has 0 unspecified atom stereocenters. The minimum atomic E-state index is -1.08. The minimum absolute atomic E-state index is 0.0147. The maximum absolute atomic E-state index is 10.6. The van der Waals surface area contributed by atoms with Gasteiger partial charge in [-0.05, 0) is 0 Å². The molecule has 82 valence electrons. The monoisotopic (exact) mass is 230 g/mol. The Labute approximate surface area is 89.3 Å². The second-order valence-corrected chi connectivity index (χ2v) is 3.41. The Balaban J connectivity index is 2.40. The van der Waals surface area contributed by atoms with Crippen LogP contribution >= 0.6 is 11.3 Å². The van der Waals surface area contributed by atoms with Crippen LogP contribution in [0.25, 0.3) is 0 Å². The molecule has 1 aromatic rings. The molecule has 1 aromatic heterocycles. The number of primary amides is 1. The number of nitrogens with one attached hydrogen (secondary N) is 2. The molecule has 0 fully saturated rings. The summed E-state index contributed by atoms with van der Waals surface area (Å²) in [4.78, 5) is 24.6. The second-order valence-electron chi connectivity index (χ2n) is 2.55. The van der Waals surface area contributed by atoms with Gasteiger partial charge in [0.15, 0.2) is 5.69 Å². The molecular formula is C7H10N4O3S. The topological polar surface area (TPSA) is 117 Å². The Hall–Kier alpha value is -1.83. The predicted molar refractivity (Wildman–Crippen MR) is 55.1 cm³/mol. The van der Waals surface area contributed by atoms with Gasteiger partial charge in [0.2, 0.25) is 0 Å². The van der Waals surface area contributed by atoms with Crippen molar-refractivity contribution < 1.29 is 14.7 Å². The molecule has 15 heavy (non-hydrogen) atoms. The summed E-state index contributed by atoms with van der Waals surface area (Å²) in [6.45, 7) is 0.720. The van der Waals surface area contributed by atoms with Gasteiger partial charge in [0, 0.05) is 13.1 Å². The molecule has 0 saturated heterocycles. The van der Waals surface area contributed by atoms with Gasteiger partial charge in [-0.1, -0.05) is 0 Å². The first-order valence-electron chi connectivity index (χ1n) is 4.05. The first-order chi connectivity index (χ1) is 7.11. The maximum atomic E-state index is 10.6. The van der Waals surface area contributed by atoms with Crippen molar-refractivity contribution in [1.82, 2.24) is 10.3 Å². The summed E-state index contributed by atoms with van der Waals surface area (Å²) in [5.41, 5.74) is 6.27. The van der Waals surface area contributed by atoms with Gasteiger partial charge in [0.25, 0.3) is 0 Å². The Morgan fingerprint density at radius 2 is 2.27 bits per heavy atom. The zero-order valence-corrected chi connectivity index (χ0v) is 8.50. The molecule has 8 heteroatoms. The van der Waals surface area contributed by atoms with Crippen LogP contribution in [0.2, 0.25) is 0 Å². The number of aromatic nitrogens is 1. The van der Waals surface area contributed by atoms with E-state index in [0.29, 0.717) is 18.1 Å². The molecule has 0 atom stereocenters. The van der Waals surface area contributed by atoms with Crippen molar-refractivity contribution in [3.05, 3.63) is 11.2 Å². The number of anilines is 1. The van der Waals surface area contributed by atoms with E-state index in [1.807, 2.05) is 0 Å². The number of nitrogens with two attached hydrogens (primary N) is 1. The lowest BCUT2D eigenvalue weighted by Gasteiger charge is -2.04. The van der Waals surface area contributed by atoms with Gasteiger partial charge in [-0.25, -0.2) is 14.6 Å². The molecule has 0 aromatic carbocycles. The standard InChI is InChI=1S/C7H10N4O3S/c8-7(14)10-2-1-9-5-4(6(12)13)11-3-15-5/h3,9H,1-2H2,(H,12,13)(H3,8,10,14). The number of carbonyl (C=O) groups is 2. The van der Waals surface area contributed by atoms with Crippen LogP contribution in [0.3, 0.4) is 0 Å². The zero-order valence-electron chi connectivity index (χ0n) is 7.69. The van der Waals surface area contributed by atoms with E-state index in [2.05, 4.69) is 15.6 Å². The molecule has 1 rings (SSSR count). The van der Waals surface area contributed by atoms with Gasteiger partial charge in [-0.15, -0.1) is 11.3 Å². The fourth-order valence-electron chi connectivity index (χ4n) is 0.886. The number of hydrogen-bond acceptors (Lipinski definition) is 5. The summed E-state index contributed by atoms with van der Waals surface area (Å²) in [5.74, 6) is -1.08. The number of carboxylic acid groups (broad SMARTS) is 1. The van der Waals surface area contributed by atoms with E-state index in [0.717, 1.165) is 0 Å². The quantitative estimate of drug-likeness (QED) is 0.528. The average Bonchev–Trinajstić information content (AvgIpc) is 2.60. The summed E-state index contributed by atoms with van der Waals surface area (Å²) < 4.78 is 0. The van der Waals surface area contributed by atoms with Gasteiger partial charge in [0.05, 0.1) is 5.51 Å². The van der Waals surface area contributed by atoms with Crippen molar-refractivity contribution in [3.8, 4) is 0 Å². The Morgan fingerprint density at radius 1 is 1.53 bits per heavy atom. The summed E-state index contributed by atoms with van der Waals surface area (Å²) in [6, 6.07) is -0.612. The van der Waals surface area contributed by atoms with Crippen LogP contribution in [0.1, 0.15) is 10.5 Å². The SMILES string of the molecule is NC(=O)NCCNc1scnc1C(=O)O.